The van der Waals surface area contributed by atoms with Gasteiger partial charge in [0.25, 0.3) is 0 Å². The van der Waals surface area contributed by atoms with E-state index in [4.69, 9.17) is 5.73 Å². The number of likely N-dealkylation sites (N-methyl/N-ethyl adjacent to an activating group) is 1. The molecule has 118 valence electrons. The molecule has 3 heteroatoms. The fourth-order valence-corrected chi connectivity index (χ4v) is 4.20. The van der Waals surface area contributed by atoms with Gasteiger partial charge in [0.15, 0.2) is 0 Å². The van der Waals surface area contributed by atoms with Gasteiger partial charge in [0.05, 0.1) is 0 Å². The highest BCUT2D eigenvalue weighted by Crippen LogP contribution is 2.41. The van der Waals surface area contributed by atoms with E-state index < -0.39 is 0 Å². The van der Waals surface area contributed by atoms with Crippen LogP contribution in [-0.2, 0) is 0 Å². The monoisotopic (exact) mass is 281 g/mol. The molecular formula is C17H35N3. The fraction of sp³-hybridized carbons (Fsp3) is 1.00. The normalized spacial score (nSPS) is 36.5. The average molecular weight is 281 g/mol. The van der Waals surface area contributed by atoms with E-state index in [1.165, 1.54) is 38.8 Å². The minimum Gasteiger partial charge on any atom is -0.329 e. The Balaban J connectivity index is 2.14. The summed E-state index contributed by atoms with van der Waals surface area (Å²) in [5.41, 5.74) is 6.84. The predicted molar refractivity (Wildman–Crippen MR) is 86.9 cm³/mol. The molecule has 1 heterocycles. The molecule has 0 spiro atoms. The lowest BCUT2D eigenvalue weighted by atomic mass is 9.70. The summed E-state index contributed by atoms with van der Waals surface area (Å²) in [6.07, 6.45) is 5.36. The molecule has 1 saturated carbocycles. The van der Waals surface area contributed by atoms with Crippen molar-refractivity contribution < 1.29 is 0 Å². The number of rotatable bonds is 3. The van der Waals surface area contributed by atoms with Gasteiger partial charge in [0, 0.05) is 37.3 Å². The molecule has 2 rings (SSSR count). The van der Waals surface area contributed by atoms with E-state index in [2.05, 4.69) is 44.5 Å². The van der Waals surface area contributed by atoms with Crippen LogP contribution in [0.3, 0.4) is 0 Å². The Morgan fingerprint density at radius 2 is 1.95 bits per heavy atom. The number of hydrogen-bond acceptors (Lipinski definition) is 3. The lowest BCUT2D eigenvalue weighted by molar-refractivity contribution is -0.0488. The molecular weight excluding hydrogens is 246 g/mol. The molecule has 0 aromatic rings. The summed E-state index contributed by atoms with van der Waals surface area (Å²) in [5.74, 6) is 1.65. The van der Waals surface area contributed by atoms with Crippen LogP contribution < -0.4 is 5.73 Å². The first-order chi connectivity index (χ1) is 9.31. The van der Waals surface area contributed by atoms with Crippen molar-refractivity contribution in [1.29, 1.82) is 0 Å². The van der Waals surface area contributed by atoms with Crippen molar-refractivity contribution in [3.63, 3.8) is 0 Å². The van der Waals surface area contributed by atoms with Crippen LogP contribution in [0.15, 0.2) is 0 Å². The Labute approximate surface area is 125 Å². The first-order valence-electron chi connectivity index (χ1n) is 8.47. The van der Waals surface area contributed by atoms with E-state index in [-0.39, 0.29) is 11.1 Å². The van der Waals surface area contributed by atoms with Crippen molar-refractivity contribution in [2.45, 2.75) is 64.5 Å². The topological polar surface area (TPSA) is 32.5 Å². The summed E-state index contributed by atoms with van der Waals surface area (Å²) in [4.78, 5) is 5.23. The Bertz CT molecular complexity index is 326. The first-order valence-corrected chi connectivity index (χ1v) is 8.47. The van der Waals surface area contributed by atoms with Gasteiger partial charge in [-0.2, -0.15) is 0 Å². The van der Waals surface area contributed by atoms with Gasteiger partial charge in [-0.1, -0.05) is 26.7 Å². The quantitative estimate of drug-likeness (QED) is 0.863. The Hall–Kier alpha value is -0.120. The molecule has 0 radical (unpaired) electrons. The smallest absolute Gasteiger partial charge is 0.0335 e. The van der Waals surface area contributed by atoms with Gasteiger partial charge in [-0.25, -0.2) is 0 Å². The summed E-state index contributed by atoms with van der Waals surface area (Å²) in [6.45, 7) is 13.8. The molecule has 3 nitrogen and oxygen atoms in total. The van der Waals surface area contributed by atoms with Gasteiger partial charge in [0.2, 0.25) is 0 Å². The average Bonchev–Trinajstić information content (AvgIpc) is 2.41. The molecule has 1 aliphatic carbocycles. The molecule has 0 amide bonds. The molecule has 20 heavy (non-hydrogen) atoms. The lowest BCUT2D eigenvalue weighted by Gasteiger charge is -2.55. The largest absolute Gasteiger partial charge is 0.329 e. The van der Waals surface area contributed by atoms with E-state index in [1.54, 1.807) is 0 Å². The molecule has 2 fully saturated rings. The van der Waals surface area contributed by atoms with Crippen molar-refractivity contribution in [3.05, 3.63) is 0 Å². The van der Waals surface area contributed by atoms with Gasteiger partial charge < -0.3 is 5.73 Å². The predicted octanol–water partition coefficient (Wildman–Crippen LogP) is 2.56. The van der Waals surface area contributed by atoms with Crippen molar-refractivity contribution in [2.75, 3.05) is 33.2 Å². The summed E-state index contributed by atoms with van der Waals surface area (Å²) >= 11 is 0. The van der Waals surface area contributed by atoms with Gasteiger partial charge in [-0.15, -0.1) is 0 Å². The zero-order chi connectivity index (χ0) is 15.0. The van der Waals surface area contributed by atoms with Crippen LogP contribution >= 0.6 is 0 Å². The van der Waals surface area contributed by atoms with Crippen LogP contribution in [-0.4, -0.2) is 54.1 Å². The number of nitrogens with zero attached hydrogens (tertiary/aromatic N) is 2. The van der Waals surface area contributed by atoms with Crippen LogP contribution in [0.25, 0.3) is 0 Å². The SMILES string of the molecule is CC(C)C1CCCC(CN)(N2CCN(C)C(C)(C)C2)C1. The highest BCUT2D eigenvalue weighted by atomic mass is 15.3. The second-order valence-corrected chi connectivity index (χ2v) is 8.18. The summed E-state index contributed by atoms with van der Waals surface area (Å²) in [7, 11) is 2.25. The molecule has 0 aromatic carbocycles. The van der Waals surface area contributed by atoms with Gasteiger partial charge in [0.1, 0.15) is 0 Å². The van der Waals surface area contributed by atoms with Gasteiger partial charge in [-0.05, 0) is 45.6 Å². The highest BCUT2D eigenvalue weighted by molar-refractivity contribution is 5.02. The van der Waals surface area contributed by atoms with Crippen molar-refractivity contribution in [2.24, 2.45) is 17.6 Å². The van der Waals surface area contributed by atoms with Crippen molar-refractivity contribution in [3.8, 4) is 0 Å². The minimum atomic E-state index is 0.269. The fourth-order valence-electron chi connectivity index (χ4n) is 4.20. The van der Waals surface area contributed by atoms with E-state index in [9.17, 15) is 0 Å². The minimum absolute atomic E-state index is 0.269. The third-order valence-corrected chi connectivity index (χ3v) is 6.17. The summed E-state index contributed by atoms with van der Waals surface area (Å²) in [5, 5.41) is 0. The van der Waals surface area contributed by atoms with Crippen LogP contribution in [0.4, 0.5) is 0 Å². The van der Waals surface area contributed by atoms with Crippen LogP contribution in [0, 0.1) is 11.8 Å². The van der Waals surface area contributed by atoms with E-state index in [1.807, 2.05) is 0 Å². The number of hydrogen-bond donors (Lipinski definition) is 1. The maximum Gasteiger partial charge on any atom is 0.0335 e. The molecule has 0 bridgehead atoms. The van der Waals surface area contributed by atoms with E-state index in [0.29, 0.717) is 0 Å². The number of piperazine rings is 1. The lowest BCUT2D eigenvalue weighted by Crippen LogP contribution is -2.66. The Morgan fingerprint density at radius 1 is 1.25 bits per heavy atom. The molecule has 2 atom stereocenters. The van der Waals surface area contributed by atoms with Crippen LogP contribution in [0.2, 0.25) is 0 Å². The maximum absolute atomic E-state index is 6.30. The van der Waals surface area contributed by atoms with Crippen molar-refractivity contribution >= 4 is 0 Å². The Kier molecular flexibility index (Phi) is 4.83. The van der Waals surface area contributed by atoms with E-state index >= 15 is 0 Å². The second kappa shape index (κ2) is 5.94. The van der Waals surface area contributed by atoms with Crippen molar-refractivity contribution in [1.82, 2.24) is 9.80 Å². The molecule has 1 saturated heterocycles. The zero-order valence-corrected chi connectivity index (χ0v) is 14.3. The summed E-state index contributed by atoms with van der Waals surface area (Å²) < 4.78 is 0. The standard InChI is InChI=1S/C17H35N3/c1-14(2)15-7-6-8-17(11-15,12-18)20-10-9-19(5)16(3,4)13-20/h14-15H,6-13,18H2,1-5H3. The van der Waals surface area contributed by atoms with Gasteiger partial charge in [-0.3, -0.25) is 9.80 Å². The molecule has 1 aliphatic heterocycles. The summed E-state index contributed by atoms with van der Waals surface area (Å²) in [6, 6.07) is 0. The third kappa shape index (κ3) is 3.05. The molecule has 2 N–H and O–H groups in total. The van der Waals surface area contributed by atoms with E-state index in [0.717, 1.165) is 24.9 Å². The first kappa shape index (κ1) is 16.3. The molecule has 2 unspecified atom stereocenters. The Morgan fingerprint density at radius 3 is 2.50 bits per heavy atom. The third-order valence-electron chi connectivity index (χ3n) is 6.17. The maximum atomic E-state index is 6.30. The van der Waals surface area contributed by atoms with Crippen LogP contribution in [0.5, 0.6) is 0 Å². The van der Waals surface area contributed by atoms with Crippen LogP contribution in [0.1, 0.15) is 53.4 Å². The molecule has 2 aliphatic rings. The van der Waals surface area contributed by atoms with Gasteiger partial charge >= 0.3 is 0 Å². The highest BCUT2D eigenvalue weighted by Gasteiger charge is 2.44. The second-order valence-electron chi connectivity index (χ2n) is 8.18. The number of nitrogens with two attached hydrogens (primary N) is 1. The molecule has 0 aromatic heterocycles. The zero-order valence-electron chi connectivity index (χ0n) is 14.3.